The quantitative estimate of drug-likeness (QED) is 0.452. The van der Waals surface area contributed by atoms with Crippen molar-refractivity contribution < 1.29 is 14.3 Å². The van der Waals surface area contributed by atoms with E-state index in [4.69, 9.17) is 4.74 Å². The first-order valence-electron chi connectivity index (χ1n) is 12.4. The van der Waals surface area contributed by atoms with Crippen LogP contribution in [0.3, 0.4) is 0 Å². The maximum absolute atomic E-state index is 13.7. The Hall–Kier alpha value is -3.67. The minimum atomic E-state index is -0.123. The van der Waals surface area contributed by atoms with Gasteiger partial charge in [-0.05, 0) is 42.7 Å². The Balaban J connectivity index is 1.48. The fourth-order valence-corrected chi connectivity index (χ4v) is 4.34. The van der Waals surface area contributed by atoms with Crippen LogP contribution in [0.4, 0.5) is 0 Å². The molecule has 1 aromatic heterocycles. The van der Waals surface area contributed by atoms with Crippen LogP contribution in [0.1, 0.15) is 47.3 Å². The van der Waals surface area contributed by atoms with Crippen LogP contribution in [0.25, 0.3) is 0 Å². The van der Waals surface area contributed by atoms with Crippen LogP contribution in [0.2, 0.25) is 0 Å². The summed E-state index contributed by atoms with van der Waals surface area (Å²) < 4.78 is 5.93. The summed E-state index contributed by atoms with van der Waals surface area (Å²) in [5.41, 5.74) is 2.45. The van der Waals surface area contributed by atoms with Crippen LogP contribution in [0.15, 0.2) is 79.0 Å². The van der Waals surface area contributed by atoms with Gasteiger partial charge in [0.1, 0.15) is 5.75 Å². The van der Waals surface area contributed by atoms with Gasteiger partial charge in [-0.3, -0.25) is 14.6 Å². The topological polar surface area (TPSA) is 62.7 Å². The molecule has 2 amide bonds. The minimum Gasteiger partial charge on any atom is -0.483 e. The molecule has 1 aliphatic heterocycles. The third-order valence-corrected chi connectivity index (χ3v) is 6.29. The van der Waals surface area contributed by atoms with Crippen molar-refractivity contribution in [1.29, 1.82) is 0 Å². The smallest absolute Gasteiger partial charge is 0.260 e. The largest absolute Gasteiger partial charge is 0.483 e. The van der Waals surface area contributed by atoms with Crippen LogP contribution >= 0.6 is 0 Å². The zero-order valence-corrected chi connectivity index (χ0v) is 20.1. The molecule has 0 radical (unpaired) electrons. The highest BCUT2D eigenvalue weighted by atomic mass is 16.5. The molecule has 1 fully saturated rings. The van der Waals surface area contributed by atoms with Crippen molar-refractivity contribution in [1.82, 2.24) is 14.8 Å². The van der Waals surface area contributed by atoms with E-state index < -0.39 is 0 Å². The van der Waals surface area contributed by atoms with Gasteiger partial charge in [-0.1, -0.05) is 61.4 Å². The summed E-state index contributed by atoms with van der Waals surface area (Å²) in [4.78, 5) is 34.6. The predicted molar refractivity (Wildman–Crippen MR) is 136 cm³/mol. The van der Waals surface area contributed by atoms with Crippen molar-refractivity contribution in [2.45, 2.75) is 38.6 Å². The van der Waals surface area contributed by atoms with Crippen LogP contribution in [0, 0.1) is 0 Å². The molecule has 182 valence electrons. The van der Waals surface area contributed by atoms with Crippen molar-refractivity contribution >= 4 is 11.8 Å². The monoisotopic (exact) mass is 471 g/mol. The van der Waals surface area contributed by atoms with Gasteiger partial charge in [-0.2, -0.15) is 0 Å². The van der Waals surface area contributed by atoms with Gasteiger partial charge >= 0.3 is 0 Å². The number of likely N-dealkylation sites (tertiary alicyclic amines) is 1. The first-order valence-corrected chi connectivity index (χ1v) is 12.4. The molecule has 0 atom stereocenters. The SMILES string of the molecule is O=C(COc1ccccc1C(=O)N(CCc1ccccn1)Cc1ccccc1)N1CCCCCC1. The number of hydrogen-bond acceptors (Lipinski definition) is 4. The zero-order chi connectivity index (χ0) is 24.3. The van der Waals surface area contributed by atoms with Crippen molar-refractivity contribution in [2.75, 3.05) is 26.2 Å². The van der Waals surface area contributed by atoms with Crippen LogP contribution in [-0.4, -0.2) is 52.8 Å². The summed E-state index contributed by atoms with van der Waals surface area (Å²) in [6.07, 6.45) is 6.81. The number of carbonyl (C=O) groups excluding carboxylic acids is 2. The maximum Gasteiger partial charge on any atom is 0.260 e. The van der Waals surface area contributed by atoms with Crippen molar-refractivity contribution in [3.05, 3.63) is 95.8 Å². The average molecular weight is 472 g/mol. The number of para-hydroxylation sites is 1. The van der Waals surface area contributed by atoms with E-state index in [0.29, 0.717) is 30.8 Å². The van der Waals surface area contributed by atoms with Crippen LogP contribution in [-0.2, 0) is 17.8 Å². The molecule has 0 spiro atoms. The molecule has 1 aliphatic rings. The van der Waals surface area contributed by atoms with Gasteiger partial charge in [-0.25, -0.2) is 0 Å². The summed E-state index contributed by atoms with van der Waals surface area (Å²) in [6.45, 7) is 2.50. The molecule has 35 heavy (non-hydrogen) atoms. The van der Waals surface area contributed by atoms with Crippen LogP contribution < -0.4 is 4.74 Å². The number of ether oxygens (including phenoxy) is 1. The summed E-state index contributed by atoms with van der Waals surface area (Å²) in [6, 6.07) is 23.0. The summed E-state index contributed by atoms with van der Waals surface area (Å²) in [5.74, 6) is 0.296. The van der Waals surface area contributed by atoms with E-state index in [1.54, 1.807) is 18.3 Å². The Morgan fingerprint density at radius 2 is 1.57 bits per heavy atom. The van der Waals surface area contributed by atoms with E-state index >= 15 is 0 Å². The van der Waals surface area contributed by atoms with E-state index in [9.17, 15) is 9.59 Å². The second-order valence-electron chi connectivity index (χ2n) is 8.86. The molecule has 6 nitrogen and oxygen atoms in total. The molecule has 0 unspecified atom stereocenters. The molecule has 4 rings (SSSR count). The van der Waals surface area contributed by atoms with Gasteiger partial charge in [0.25, 0.3) is 11.8 Å². The lowest BCUT2D eigenvalue weighted by Gasteiger charge is -2.24. The Labute approximate surface area is 207 Å². The number of aromatic nitrogens is 1. The number of benzene rings is 2. The average Bonchev–Trinajstić information content (AvgIpc) is 3.20. The Morgan fingerprint density at radius 1 is 0.857 bits per heavy atom. The number of hydrogen-bond donors (Lipinski definition) is 0. The van der Waals surface area contributed by atoms with E-state index in [-0.39, 0.29) is 18.4 Å². The molecule has 0 bridgehead atoms. The van der Waals surface area contributed by atoms with Crippen molar-refractivity contribution in [2.24, 2.45) is 0 Å². The molecular formula is C29H33N3O3. The molecule has 0 saturated carbocycles. The third-order valence-electron chi connectivity index (χ3n) is 6.29. The fourth-order valence-electron chi connectivity index (χ4n) is 4.34. The number of amides is 2. The highest BCUT2D eigenvalue weighted by Crippen LogP contribution is 2.22. The summed E-state index contributed by atoms with van der Waals surface area (Å²) in [5, 5.41) is 0. The van der Waals surface area contributed by atoms with Gasteiger partial charge in [0.2, 0.25) is 0 Å². The fraction of sp³-hybridized carbons (Fsp3) is 0.345. The van der Waals surface area contributed by atoms with E-state index in [1.165, 1.54) is 0 Å². The van der Waals surface area contributed by atoms with E-state index in [1.807, 2.05) is 70.5 Å². The maximum atomic E-state index is 13.7. The molecule has 0 N–H and O–H groups in total. The Morgan fingerprint density at radius 3 is 2.31 bits per heavy atom. The number of carbonyl (C=O) groups is 2. The van der Waals surface area contributed by atoms with Gasteiger partial charge in [0, 0.05) is 44.5 Å². The lowest BCUT2D eigenvalue weighted by molar-refractivity contribution is -0.133. The third kappa shape index (κ3) is 7.15. The van der Waals surface area contributed by atoms with Crippen molar-refractivity contribution in [3.8, 4) is 5.75 Å². The predicted octanol–water partition coefficient (Wildman–Crippen LogP) is 4.75. The second kappa shape index (κ2) is 12.7. The normalized spacial score (nSPS) is 13.7. The van der Waals surface area contributed by atoms with Crippen LogP contribution in [0.5, 0.6) is 5.75 Å². The molecule has 3 aromatic rings. The number of nitrogens with zero attached hydrogens (tertiary/aromatic N) is 3. The van der Waals surface area contributed by atoms with Crippen molar-refractivity contribution in [3.63, 3.8) is 0 Å². The molecule has 2 aromatic carbocycles. The standard InChI is InChI=1S/C29H33N3O3/c33-28(31-19-10-1-2-11-20-31)23-35-27-16-7-6-15-26(27)29(34)32(22-24-12-4-3-5-13-24)21-17-25-14-8-9-18-30-25/h3-9,12-16,18H,1-2,10-11,17,19-23H2. The van der Waals surface area contributed by atoms with E-state index in [0.717, 1.165) is 50.0 Å². The lowest BCUT2D eigenvalue weighted by Crippen LogP contribution is -2.36. The second-order valence-corrected chi connectivity index (χ2v) is 8.86. The minimum absolute atomic E-state index is 0.0227. The lowest BCUT2D eigenvalue weighted by atomic mass is 10.1. The number of rotatable bonds is 9. The molecule has 6 heteroatoms. The Bertz CT molecular complexity index is 1080. The van der Waals surface area contributed by atoms with E-state index in [2.05, 4.69) is 4.98 Å². The first kappa shape index (κ1) is 24.5. The van der Waals surface area contributed by atoms with Gasteiger partial charge in [0.05, 0.1) is 5.56 Å². The van der Waals surface area contributed by atoms with Gasteiger partial charge in [-0.15, -0.1) is 0 Å². The molecule has 2 heterocycles. The summed E-state index contributed by atoms with van der Waals surface area (Å²) >= 11 is 0. The first-order chi connectivity index (χ1) is 17.2. The van der Waals surface area contributed by atoms with Gasteiger partial charge < -0.3 is 14.5 Å². The highest BCUT2D eigenvalue weighted by Gasteiger charge is 2.22. The van der Waals surface area contributed by atoms with Gasteiger partial charge in [0.15, 0.2) is 6.61 Å². The number of pyridine rings is 1. The summed E-state index contributed by atoms with van der Waals surface area (Å²) in [7, 11) is 0. The highest BCUT2D eigenvalue weighted by molar-refractivity contribution is 5.97. The molecule has 0 aliphatic carbocycles. The Kier molecular flexibility index (Phi) is 8.87. The molecule has 1 saturated heterocycles. The zero-order valence-electron chi connectivity index (χ0n) is 20.1. The molecular weight excluding hydrogens is 438 g/mol.